The number of aromatic nitrogens is 2. The summed E-state index contributed by atoms with van der Waals surface area (Å²) in [5, 5.41) is 4.79. The van der Waals surface area contributed by atoms with Crippen LogP contribution in [0.3, 0.4) is 0 Å². The lowest BCUT2D eigenvalue weighted by Crippen LogP contribution is -2.08. The SMILES string of the molecule is Cc1nn(-c2ccc([C@H](C)N)cc2F)c(C)c1Cl. The fourth-order valence-corrected chi connectivity index (χ4v) is 1.95. The third-order valence-corrected chi connectivity index (χ3v) is 3.48. The van der Waals surface area contributed by atoms with Gasteiger partial charge in [-0.2, -0.15) is 5.10 Å². The van der Waals surface area contributed by atoms with Gasteiger partial charge in [0.25, 0.3) is 0 Å². The molecule has 1 atom stereocenters. The number of nitrogens with zero attached hydrogens (tertiary/aromatic N) is 2. The van der Waals surface area contributed by atoms with Gasteiger partial charge >= 0.3 is 0 Å². The third kappa shape index (κ3) is 2.13. The van der Waals surface area contributed by atoms with E-state index in [4.69, 9.17) is 17.3 Å². The number of aryl methyl sites for hydroxylation is 1. The highest BCUT2D eigenvalue weighted by molar-refractivity contribution is 6.31. The summed E-state index contributed by atoms with van der Waals surface area (Å²) in [6, 6.07) is 4.71. The van der Waals surface area contributed by atoms with Crippen molar-refractivity contribution in [2.75, 3.05) is 0 Å². The van der Waals surface area contributed by atoms with Crippen molar-refractivity contribution in [3.8, 4) is 5.69 Å². The largest absolute Gasteiger partial charge is 0.324 e. The number of hydrogen-bond donors (Lipinski definition) is 1. The van der Waals surface area contributed by atoms with E-state index in [1.54, 1.807) is 26.0 Å². The molecule has 18 heavy (non-hydrogen) atoms. The topological polar surface area (TPSA) is 43.8 Å². The Labute approximate surface area is 110 Å². The van der Waals surface area contributed by atoms with Gasteiger partial charge in [-0.15, -0.1) is 0 Å². The molecule has 1 aromatic carbocycles. The predicted molar refractivity (Wildman–Crippen MR) is 70.6 cm³/mol. The lowest BCUT2D eigenvalue weighted by molar-refractivity contribution is 0.603. The lowest BCUT2D eigenvalue weighted by atomic mass is 10.1. The maximum atomic E-state index is 14.1. The summed E-state index contributed by atoms with van der Waals surface area (Å²) in [5.41, 5.74) is 8.26. The van der Waals surface area contributed by atoms with E-state index in [-0.39, 0.29) is 11.9 Å². The minimum atomic E-state index is -0.355. The van der Waals surface area contributed by atoms with Crippen LogP contribution in [0.1, 0.15) is 29.9 Å². The zero-order valence-electron chi connectivity index (χ0n) is 10.5. The van der Waals surface area contributed by atoms with E-state index in [0.717, 1.165) is 11.3 Å². The Morgan fingerprint density at radius 1 is 1.39 bits per heavy atom. The van der Waals surface area contributed by atoms with Crippen molar-refractivity contribution in [3.63, 3.8) is 0 Å². The summed E-state index contributed by atoms with van der Waals surface area (Å²) in [5.74, 6) is -0.355. The van der Waals surface area contributed by atoms with Crippen LogP contribution >= 0.6 is 11.6 Å². The number of rotatable bonds is 2. The van der Waals surface area contributed by atoms with Gasteiger partial charge in [0.2, 0.25) is 0 Å². The van der Waals surface area contributed by atoms with Crippen molar-refractivity contribution >= 4 is 11.6 Å². The summed E-state index contributed by atoms with van der Waals surface area (Å²) in [4.78, 5) is 0. The number of nitrogens with two attached hydrogens (primary N) is 1. The Morgan fingerprint density at radius 3 is 2.50 bits per heavy atom. The number of halogens is 2. The summed E-state index contributed by atoms with van der Waals surface area (Å²) in [6.07, 6.45) is 0. The molecule has 0 aliphatic heterocycles. The molecule has 0 radical (unpaired) electrons. The molecular weight excluding hydrogens is 253 g/mol. The van der Waals surface area contributed by atoms with E-state index >= 15 is 0 Å². The van der Waals surface area contributed by atoms with Gasteiger partial charge in [-0.25, -0.2) is 9.07 Å². The monoisotopic (exact) mass is 267 g/mol. The second-order valence-corrected chi connectivity index (χ2v) is 4.77. The van der Waals surface area contributed by atoms with Gasteiger partial charge in [-0.3, -0.25) is 0 Å². The average Bonchev–Trinajstić information content (AvgIpc) is 2.57. The molecule has 1 heterocycles. The quantitative estimate of drug-likeness (QED) is 0.907. The van der Waals surface area contributed by atoms with E-state index in [0.29, 0.717) is 16.4 Å². The molecule has 2 aromatic rings. The first kappa shape index (κ1) is 13.1. The van der Waals surface area contributed by atoms with Crippen molar-refractivity contribution in [1.82, 2.24) is 9.78 Å². The van der Waals surface area contributed by atoms with Crippen molar-refractivity contribution in [3.05, 3.63) is 46.0 Å². The van der Waals surface area contributed by atoms with Gasteiger partial charge in [0.1, 0.15) is 11.5 Å². The predicted octanol–water partition coefficient (Wildman–Crippen LogP) is 3.30. The second-order valence-electron chi connectivity index (χ2n) is 4.40. The summed E-state index contributed by atoms with van der Waals surface area (Å²) >= 11 is 6.06. The van der Waals surface area contributed by atoms with E-state index in [1.165, 1.54) is 10.7 Å². The smallest absolute Gasteiger partial charge is 0.149 e. The van der Waals surface area contributed by atoms with E-state index in [1.807, 2.05) is 6.92 Å². The van der Waals surface area contributed by atoms with Gasteiger partial charge in [-0.05, 0) is 38.5 Å². The first-order chi connectivity index (χ1) is 8.41. The number of benzene rings is 1. The van der Waals surface area contributed by atoms with Crippen molar-refractivity contribution in [1.29, 1.82) is 0 Å². The van der Waals surface area contributed by atoms with Gasteiger partial charge in [0.05, 0.1) is 16.4 Å². The molecule has 0 aliphatic carbocycles. The molecular formula is C13H15ClFN3. The summed E-state index contributed by atoms with van der Waals surface area (Å²) < 4.78 is 15.6. The van der Waals surface area contributed by atoms with E-state index in [2.05, 4.69) is 5.10 Å². The van der Waals surface area contributed by atoms with Crippen LogP contribution in [-0.4, -0.2) is 9.78 Å². The van der Waals surface area contributed by atoms with E-state index < -0.39 is 0 Å². The fraction of sp³-hybridized carbons (Fsp3) is 0.308. The van der Waals surface area contributed by atoms with Crippen LogP contribution in [0.25, 0.3) is 5.69 Å². The molecule has 0 bridgehead atoms. The Bertz CT molecular complexity index is 590. The zero-order valence-corrected chi connectivity index (χ0v) is 11.3. The van der Waals surface area contributed by atoms with Crippen molar-refractivity contribution in [2.24, 2.45) is 5.73 Å². The maximum Gasteiger partial charge on any atom is 0.149 e. The molecule has 0 fully saturated rings. The highest BCUT2D eigenvalue weighted by Crippen LogP contribution is 2.25. The molecule has 2 N–H and O–H groups in total. The molecule has 2 rings (SSSR count). The molecule has 5 heteroatoms. The second kappa shape index (κ2) is 4.71. The standard InChI is InChI=1S/C13H15ClFN3/c1-7(16)10-4-5-12(11(15)6-10)18-9(3)13(14)8(2)17-18/h4-7H,16H2,1-3H3/t7-/m0/s1. The van der Waals surface area contributed by atoms with Crippen molar-refractivity contribution < 1.29 is 4.39 Å². The summed E-state index contributed by atoms with van der Waals surface area (Å²) in [6.45, 7) is 5.41. The summed E-state index contributed by atoms with van der Waals surface area (Å²) in [7, 11) is 0. The van der Waals surface area contributed by atoms with Gasteiger partial charge < -0.3 is 5.73 Å². The molecule has 96 valence electrons. The first-order valence-corrected chi connectivity index (χ1v) is 6.06. The first-order valence-electron chi connectivity index (χ1n) is 5.69. The highest BCUT2D eigenvalue weighted by Gasteiger charge is 2.14. The zero-order chi connectivity index (χ0) is 13.4. The third-order valence-electron chi connectivity index (χ3n) is 2.93. The molecule has 0 aliphatic rings. The van der Waals surface area contributed by atoms with Crippen LogP contribution in [-0.2, 0) is 0 Å². The van der Waals surface area contributed by atoms with Crippen LogP contribution in [0.2, 0.25) is 5.02 Å². The lowest BCUT2D eigenvalue weighted by Gasteiger charge is -2.10. The van der Waals surface area contributed by atoms with Crippen LogP contribution in [0, 0.1) is 19.7 Å². The Hall–Kier alpha value is -1.39. The van der Waals surface area contributed by atoms with Gasteiger partial charge in [0, 0.05) is 6.04 Å². The molecule has 1 aromatic heterocycles. The Kier molecular flexibility index (Phi) is 3.41. The Morgan fingerprint density at radius 2 is 2.06 bits per heavy atom. The minimum Gasteiger partial charge on any atom is -0.324 e. The van der Waals surface area contributed by atoms with Crippen molar-refractivity contribution in [2.45, 2.75) is 26.8 Å². The normalized spacial score (nSPS) is 12.8. The van der Waals surface area contributed by atoms with Crippen LogP contribution in [0.5, 0.6) is 0 Å². The highest BCUT2D eigenvalue weighted by atomic mass is 35.5. The Balaban J connectivity index is 2.54. The molecule has 0 unspecified atom stereocenters. The van der Waals surface area contributed by atoms with Crippen LogP contribution in [0.15, 0.2) is 18.2 Å². The molecule has 0 spiro atoms. The van der Waals surface area contributed by atoms with E-state index in [9.17, 15) is 4.39 Å². The minimum absolute atomic E-state index is 0.197. The molecule has 0 saturated carbocycles. The molecule has 0 saturated heterocycles. The average molecular weight is 268 g/mol. The fourth-order valence-electron chi connectivity index (χ4n) is 1.84. The number of hydrogen-bond acceptors (Lipinski definition) is 2. The molecule has 0 amide bonds. The van der Waals surface area contributed by atoms with Gasteiger partial charge in [0.15, 0.2) is 0 Å². The van der Waals surface area contributed by atoms with Crippen LogP contribution in [0.4, 0.5) is 4.39 Å². The van der Waals surface area contributed by atoms with Crippen LogP contribution < -0.4 is 5.73 Å². The van der Waals surface area contributed by atoms with Gasteiger partial charge in [-0.1, -0.05) is 17.7 Å². The molecule has 3 nitrogen and oxygen atoms in total. The maximum absolute atomic E-state index is 14.1.